The lowest BCUT2D eigenvalue weighted by molar-refractivity contribution is -0.120. The Morgan fingerprint density at radius 2 is 1.40 bits per heavy atom. The zero-order valence-electron chi connectivity index (χ0n) is 19.4. The Labute approximate surface area is 214 Å². The quantitative estimate of drug-likeness (QED) is 0.382. The van der Waals surface area contributed by atoms with E-state index < -0.39 is 12.1 Å². The zero-order chi connectivity index (χ0) is 24.9. The van der Waals surface area contributed by atoms with E-state index in [1.54, 1.807) is 28.0 Å². The van der Waals surface area contributed by atoms with Crippen LogP contribution in [0.3, 0.4) is 0 Å². The van der Waals surface area contributed by atoms with E-state index in [4.69, 9.17) is 28.0 Å². The van der Waals surface area contributed by atoms with Crippen LogP contribution in [0.25, 0.3) is 0 Å². The van der Waals surface area contributed by atoms with Crippen LogP contribution in [0.2, 0.25) is 10.0 Å². The van der Waals surface area contributed by atoms with Crippen LogP contribution in [-0.2, 0) is 14.4 Å². The molecule has 35 heavy (non-hydrogen) atoms. The van der Waals surface area contributed by atoms with E-state index >= 15 is 0 Å². The molecule has 0 radical (unpaired) electrons. The Bertz CT molecular complexity index is 1210. The number of amides is 2. The molecule has 2 amide bonds. The number of benzene rings is 3. The lowest BCUT2D eigenvalue weighted by Gasteiger charge is -2.32. The molecule has 0 unspecified atom stereocenters. The van der Waals surface area contributed by atoms with Crippen molar-refractivity contribution in [3.63, 3.8) is 0 Å². The normalized spacial score (nSPS) is 16.9. The van der Waals surface area contributed by atoms with Gasteiger partial charge in [-0.25, -0.2) is 0 Å². The molecule has 0 bridgehead atoms. The van der Waals surface area contributed by atoms with Crippen LogP contribution < -0.4 is 9.80 Å². The van der Waals surface area contributed by atoms with Gasteiger partial charge in [0.25, 0.3) is 0 Å². The molecule has 1 heterocycles. The minimum absolute atomic E-state index is 0.0904. The van der Waals surface area contributed by atoms with E-state index in [9.17, 15) is 9.59 Å². The first-order valence-electron chi connectivity index (χ1n) is 11.2. The van der Waals surface area contributed by atoms with E-state index in [-0.39, 0.29) is 11.8 Å². The molecule has 0 saturated heterocycles. The van der Waals surface area contributed by atoms with Crippen LogP contribution in [0.15, 0.2) is 84.0 Å². The second-order valence-electron chi connectivity index (χ2n) is 8.20. The molecular formula is C27H25Cl2N3O3. The van der Waals surface area contributed by atoms with Gasteiger partial charge < -0.3 is 9.74 Å². The topological polar surface area (TPSA) is 62.2 Å². The predicted octanol–water partition coefficient (Wildman–Crippen LogP) is 6.17. The van der Waals surface area contributed by atoms with Crippen LogP contribution >= 0.6 is 23.2 Å². The summed E-state index contributed by atoms with van der Waals surface area (Å²) in [5.41, 5.74) is 2.58. The Hall–Kier alpha value is -3.35. The first kappa shape index (κ1) is 24.8. The standard InChI is InChI=1S/C27H25Cl2N3O3/c1-18(33)31(20-10-5-3-6-11-20)17-16-22-26(25-23(28)14-9-15-24(25)29)30-35-27(22)32(19(2)34)21-12-7-4-8-13-21/h3-15,22,27H,16-17H2,1-2H3/t22-,27-/m1/s1. The van der Waals surface area contributed by atoms with Crippen LogP contribution in [0.5, 0.6) is 0 Å². The van der Waals surface area contributed by atoms with Crippen LogP contribution in [0, 0.1) is 5.92 Å². The molecule has 1 aliphatic rings. The zero-order valence-corrected chi connectivity index (χ0v) is 20.9. The number of rotatable bonds is 7. The fourth-order valence-corrected chi connectivity index (χ4v) is 4.90. The van der Waals surface area contributed by atoms with Gasteiger partial charge in [-0.2, -0.15) is 0 Å². The molecule has 0 fully saturated rings. The van der Waals surface area contributed by atoms with Crippen LogP contribution in [0.4, 0.5) is 11.4 Å². The summed E-state index contributed by atoms with van der Waals surface area (Å²) >= 11 is 13.0. The van der Waals surface area contributed by atoms with Crippen molar-refractivity contribution in [1.29, 1.82) is 0 Å². The van der Waals surface area contributed by atoms with Crippen molar-refractivity contribution < 1.29 is 14.4 Å². The molecule has 8 heteroatoms. The van der Waals surface area contributed by atoms with Crippen molar-refractivity contribution in [3.8, 4) is 0 Å². The summed E-state index contributed by atoms with van der Waals surface area (Å²) in [5.74, 6) is -0.686. The van der Waals surface area contributed by atoms with E-state index in [2.05, 4.69) is 5.16 Å². The molecule has 3 aromatic carbocycles. The predicted molar refractivity (Wildman–Crippen MR) is 140 cm³/mol. The molecule has 0 aliphatic carbocycles. The fourth-order valence-electron chi connectivity index (χ4n) is 4.31. The highest BCUT2D eigenvalue weighted by molar-refractivity contribution is 6.40. The molecule has 3 aromatic rings. The average Bonchev–Trinajstić information content (AvgIpc) is 3.23. The monoisotopic (exact) mass is 509 g/mol. The third kappa shape index (κ3) is 5.34. The maximum atomic E-state index is 12.8. The molecule has 6 nitrogen and oxygen atoms in total. The number of carbonyl (C=O) groups excluding carboxylic acids is 2. The second kappa shape index (κ2) is 10.9. The highest BCUT2D eigenvalue weighted by atomic mass is 35.5. The van der Waals surface area contributed by atoms with Gasteiger partial charge in [-0.05, 0) is 42.8 Å². The molecule has 180 valence electrons. The summed E-state index contributed by atoms with van der Waals surface area (Å²) in [4.78, 5) is 34.5. The Morgan fingerprint density at radius 3 is 1.94 bits per heavy atom. The van der Waals surface area contributed by atoms with Crippen molar-refractivity contribution in [3.05, 3.63) is 94.5 Å². The highest BCUT2D eigenvalue weighted by Gasteiger charge is 2.42. The number of oxime groups is 1. The molecule has 0 aromatic heterocycles. The summed E-state index contributed by atoms with van der Waals surface area (Å²) in [5, 5.41) is 5.24. The van der Waals surface area contributed by atoms with Crippen molar-refractivity contribution in [1.82, 2.24) is 0 Å². The largest absolute Gasteiger partial charge is 0.369 e. The number of carbonyl (C=O) groups is 2. The van der Waals surface area contributed by atoms with Gasteiger partial charge in [-0.1, -0.05) is 70.8 Å². The molecular weight excluding hydrogens is 485 g/mol. The van der Waals surface area contributed by atoms with Gasteiger partial charge in [-0.15, -0.1) is 0 Å². The van der Waals surface area contributed by atoms with E-state index in [0.717, 1.165) is 5.69 Å². The maximum Gasteiger partial charge on any atom is 0.226 e. The molecule has 2 atom stereocenters. The van der Waals surface area contributed by atoms with Gasteiger partial charge in [0.15, 0.2) is 0 Å². The summed E-state index contributed by atoms with van der Waals surface area (Å²) in [6.07, 6.45) is -0.280. The first-order chi connectivity index (χ1) is 16.9. The van der Waals surface area contributed by atoms with Gasteiger partial charge in [0.1, 0.15) is 0 Å². The van der Waals surface area contributed by atoms with Gasteiger partial charge in [0.05, 0.1) is 21.7 Å². The summed E-state index contributed by atoms with van der Waals surface area (Å²) in [6, 6.07) is 23.9. The van der Waals surface area contributed by atoms with Gasteiger partial charge in [0, 0.05) is 37.3 Å². The van der Waals surface area contributed by atoms with E-state index in [1.807, 2.05) is 60.7 Å². The maximum absolute atomic E-state index is 12.8. The SMILES string of the molecule is CC(=O)N(CC[C@@H]1C(c2c(Cl)cccc2Cl)=NO[C@H]1N(C(C)=O)c1ccccc1)c1ccccc1. The first-order valence-corrected chi connectivity index (χ1v) is 12.0. The van der Waals surface area contributed by atoms with Crippen molar-refractivity contribution in [2.75, 3.05) is 16.3 Å². The van der Waals surface area contributed by atoms with E-state index in [0.29, 0.717) is 40.0 Å². The summed E-state index contributed by atoms with van der Waals surface area (Å²) in [7, 11) is 0. The van der Waals surface area contributed by atoms with Gasteiger partial charge in [0.2, 0.25) is 18.0 Å². The Kier molecular flexibility index (Phi) is 7.73. The number of halogens is 2. The van der Waals surface area contributed by atoms with E-state index in [1.165, 1.54) is 13.8 Å². The minimum Gasteiger partial charge on any atom is -0.369 e. The Balaban J connectivity index is 1.72. The lowest BCUT2D eigenvalue weighted by Crippen LogP contribution is -2.46. The molecule has 4 rings (SSSR count). The summed E-state index contributed by atoms with van der Waals surface area (Å²) in [6.45, 7) is 3.40. The van der Waals surface area contributed by atoms with Gasteiger partial charge in [-0.3, -0.25) is 14.5 Å². The second-order valence-corrected chi connectivity index (χ2v) is 9.01. The smallest absolute Gasteiger partial charge is 0.226 e. The summed E-state index contributed by atoms with van der Waals surface area (Å²) < 4.78 is 0. The van der Waals surface area contributed by atoms with Crippen LogP contribution in [-0.4, -0.2) is 30.3 Å². The fraction of sp³-hybridized carbons (Fsp3) is 0.222. The molecule has 0 saturated carbocycles. The number of anilines is 2. The minimum atomic E-state index is -0.734. The lowest BCUT2D eigenvalue weighted by atomic mass is 9.91. The van der Waals surface area contributed by atoms with Gasteiger partial charge >= 0.3 is 0 Å². The third-order valence-corrected chi connectivity index (χ3v) is 6.54. The number of hydrogen-bond donors (Lipinski definition) is 0. The Morgan fingerprint density at radius 1 is 0.829 bits per heavy atom. The number of para-hydroxylation sites is 2. The average molecular weight is 510 g/mol. The highest BCUT2D eigenvalue weighted by Crippen LogP contribution is 2.36. The van der Waals surface area contributed by atoms with Crippen molar-refractivity contribution in [2.24, 2.45) is 11.1 Å². The molecule has 1 aliphatic heterocycles. The third-order valence-electron chi connectivity index (χ3n) is 5.91. The molecule has 0 N–H and O–H groups in total. The number of hydrogen-bond acceptors (Lipinski definition) is 4. The van der Waals surface area contributed by atoms with Crippen molar-refractivity contribution in [2.45, 2.75) is 26.5 Å². The molecule has 0 spiro atoms. The number of nitrogens with zero attached hydrogens (tertiary/aromatic N) is 3. The van der Waals surface area contributed by atoms with Crippen LogP contribution in [0.1, 0.15) is 25.8 Å². The van der Waals surface area contributed by atoms with Crippen molar-refractivity contribution >= 4 is 52.1 Å².